The van der Waals surface area contributed by atoms with E-state index in [-0.39, 0.29) is 23.3 Å². The quantitative estimate of drug-likeness (QED) is 0.392. The van der Waals surface area contributed by atoms with Crippen LogP contribution in [0.25, 0.3) is 6.08 Å². The fraction of sp³-hybridized carbons (Fsp3) is 0.462. The normalized spacial score (nSPS) is 15.4. The van der Waals surface area contributed by atoms with Gasteiger partial charge in [0.1, 0.15) is 0 Å². The molecule has 176 valence electrons. The van der Waals surface area contributed by atoms with Crippen LogP contribution in [0.3, 0.4) is 0 Å². The van der Waals surface area contributed by atoms with Gasteiger partial charge in [-0.3, -0.25) is 0 Å². The molecule has 0 aliphatic carbocycles. The predicted octanol–water partition coefficient (Wildman–Crippen LogP) is 6.26. The summed E-state index contributed by atoms with van der Waals surface area (Å²) in [5.41, 5.74) is 1.01. The van der Waals surface area contributed by atoms with E-state index in [2.05, 4.69) is 13.8 Å². The first kappa shape index (κ1) is 26.6. The number of aliphatic hydroxyl groups excluding tert-OH is 1. The van der Waals surface area contributed by atoms with Gasteiger partial charge >= 0.3 is 0 Å². The molecule has 6 heteroatoms. The Morgan fingerprint density at radius 1 is 1.03 bits per heavy atom. The van der Waals surface area contributed by atoms with E-state index in [9.17, 15) is 13.5 Å². The molecule has 2 aromatic rings. The minimum atomic E-state index is -3.88. The van der Waals surface area contributed by atoms with Crippen LogP contribution in [0.2, 0.25) is 5.02 Å². The summed E-state index contributed by atoms with van der Waals surface area (Å²) < 4.78 is 29.4. The molecule has 0 saturated carbocycles. The highest BCUT2D eigenvalue weighted by Gasteiger charge is 2.38. The third kappa shape index (κ3) is 7.17. The van der Waals surface area contributed by atoms with Gasteiger partial charge in [0.05, 0.1) is 11.5 Å². The third-order valence-electron chi connectivity index (χ3n) is 5.61. The molecule has 4 nitrogen and oxygen atoms in total. The minimum absolute atomic E-state index is 0.0725. The molecule has 0 amide bonds. The molecule has 0 saturated heterocycles. The van der Waals surface area contributed by atoms with Gasteiger partial charge in [-0.2, -0.15) is 4.31 Å². The lowest BCUT2D eigenvalue weighted by Crippen LogP contribution is -2.51. The van der Waals surface area contributed by atoms with Gasteiger partial charge in [0, 0.05) is 17.1 Å². The maximum Gasteiger partial charge on any atom is 0.243 e. The van der Waals surface area contributed by atoms with Crippen molar-refractivity contribution in [3.63, 3.8) is 0 Å². The molecular formula is C26H36ClNO3S. The molecule has 3 atom stereocenters. The Hall–Kier alpha value is -1.66. The predicted molar refractivity (Wildman–Crippen MR) is 134 cm³/mol. The molecule has 1 N–H and O–H groups in total. The number of rotatable bonds is 12. The van der Waals surface area contributed by atoms with Crippen molar-refractivity contribution >= 4 is 27.7 Å². The molecular weight excluding hydrogens is 442 g/mol. The molecule has 0 aliphatic heterocycles. The SMILES string of the molecule is CCCC(C)C(/C=C/c1ccccc1)N(C(CO)CC(C)C)S(=O)(=O)c1ccc(Cl)cc1. The lowest BCUT2D eigenvalue weighted by atomic mass is 9.93. The van der Waals surface area contributed by atoms with Gasteiger partial charge in [0.25, 0.3) is 0 Å². The standard InChI is InChI=1S/C26H36ClNO3S/c1-5-9-21(4)26(17-12-22-10-7-6-8-11-22)28(24(19-29)18-20(2)3)32(30,31)25-15-13-23(27)14-16-25/h6-8,10-17,20-21,24,26,29H,5,9,18-19H2,1-4H3/b17-12+. The lowest BCUT2D eigenvalue weighted by Gasteiger charge is -2.38. The second kappa shape index (κ2) is 12.5. The van der Waals surface area contributed by atoms with Gasteiger partial charge in [-0.1, -0.05) is 88.2 Å². The highest BCUT2D eigenvalue weighted by atomic mass is 35.5. The van der Waals surface area contributed by atoms with Crippen LogP contribution in [-0.2, 0) is 10.0 Å². The summed E-state index contributed by atoms with van der Waals surface area (Å²) in [7, 11) is -3.88. The maximum atomic E-state index is 13.9. The third-order valence-corrected chi connectivity index (χ3v) is 7.83. The molecule has 0 bridgehead atoms. The molecule has 0 heterocycles. The van der Waals surface area contributed by atoms with Crippen LogP contribution in [0.15, 0.2) is 65.6 Å². The van der Waals surface area contributed by atoms with Crippen molar-refractivity contribution in [3.8, 4) is 0 Å². The zero-order valence-corrected chi connectivity index (χ0v) is 21.1. The molecule has 32 heavy (non-hydrogen) atoms. The number of halogens is 1. The number of hydrogen-bond donors (Lipinski definition) is 1. The smallest absolute Gasteiger partial charge is 0.243 e. The Kier molecular flexibility index (Phi) is 10.4. The fourth-order valence-corrected chi connectivity index (χ4v) is 6.05. The second-order valence-corrected chi connectivity index (χ2v) is 11.1. The number of nitrogens with zero attached hydrogens (tertiary/aromatic N) is 1. The Morgan fingerprint density at radius 3 is 2.19 bits per heavy atom. The summed E-state index contributed by atoms with van der Waals surface area (Å²) in [5.74, 6) is 0.304. The topological polar surface area (TPSA) is 57.6 Å². The van der Waals surface area contributed by atoms with Crippen LogP contribution in [0.1, 0.15) is 52.5 Å². The van der Waals surface area contributed by atoms with Gasteiger partial charge in [0.2, 0.25) is 10.0 Å². The van der Waals surface area contributed by atoms with E-state index in [0.717, 1.165) is 18.4 Å². The van der Waals surface area contributed by atoms with E-state index in [1.54, 1.807) is 12.1 Å². The molecule has 0 aromatic heterocycles. The molecule has 3 unspecified atom stereocenters. The average Bonchev–Trinajstić information content (AvgIpc) is 2.76. The summed E-state index contributed by atoms with van der Waals surface area (Å²) in [6, 6.07) is 15.2. The van der Waals surface area contributed by atoms with Crippen molar-refractivity contribution in [1.29, 1.82) is 0 Å². The van der Waals surface area contributed by atoms with Crippen LogP contribution in [0.5, 0.6) is 0 Å². The van der Waals surface area contributed by atoms with E-state index in [1.807, 2.05) is 56.3 Å². The van der Waals surface area contributed by atoms with E-state index in [0.29, 0.717) is 11.4 Å². The van der Waals surface area contributed by atoms with E-state index in [4.69, 9.17) is 11.6 Å². The maximum absolute atomic E-state index is 13.9. The van der Waals surface area contributed by atoms with Crippen LogP contribution in [0, 0.1) is 11.8 Å². The summed E-state index contributed by atoms with van der Waals surface area (Å²) in [6.45, 7) is 8.03. The molecule has 2 aromatic carbocycles. The van der Waals surface area contributed by atoms with Gasteiger partial charge in [-0.05, 0) is 54.5 Å². The van der Waals surface area contributed by atoms with Crippen LogP contribution < -0.4 is 0 Å². The molecule has 0 spiro atoms. The van der Waals surface area contributed by atoms with Crippen molar-refractivity contribution < 1.29 is 13.5 Å². The van der Waals surface area contributed by atoms with E-state index < -0.39 is 22.1 Å². The van der Waals surface area contributed by atoms with Gasteiger partial charge in [-0.25, -0.2) is 8.42 Å². The summed E-state index contributed by atoms with van der Waals surface area (Å²) in [6.07, 6.45) is 6.34. The Bertz CT molecular complexity index is 943. The van der Waals surface area contributed by atoms with E-state index >= 15 is 0 Å². The molecule has 2 rings (SSSR count). The van der Waals surface area contributed by atoms with Gasteiger partial charge in [0.15, 0.2) is 0 Å². The second-order valence-electron chi connectivity index (χ2n) is 8.78. The van der Waals surface area contributed by atoms with Gasteiger partial charge < -0.3 is 5.11 Å². The fourth-order valence-electron chi connectivity index (χ4n) is 4.06. The number of hydrogen-bond acceptors (Lipinski definition) is 3. The number of aliphatic hydroxyl groups is 1. The molecule has 0 aliphatic rings. The van der Waals surface area contributed by atoms with Crippen molar-refractivity contribution in [1.82, 2.24) is 4.31 Å². The number of sulfonamides is 1. The first-order valence-corrected chi connectivity index (χ1v) is 13.2. The molecule has 0 fully saturated rings. The summed E-state index contributed by atoms with van der Waals surface area (Å²) in [4.78, 5) is 0.186. The highest BCUT2D eigenvalue weighted by molar-refractivity contribution is 7.89. The lowest BCUT2D eigenvalue weighted by molar-refractivity contribution is 0.133. The highest BCUT2D eigenvalue weighted by Crippen LogP contribution is 2.31. The van der Waals surface area contributed by atoms with E-state index in [1.165, 1.54) is 16.4 Å². The summed E-state index contributed by atoms with van der Waals surface area (Å²) >= 11 is 6.01. The first-order valence-electron chi connectivity index (χ1n) is 11.3. The van der Waals surface area contributed by atoms with Gasteiger partial charge in [-0.15, -0.1) is 0 Å². The monoisotopic (exact) mass is 477 g/mol. The average molecular weight is 478 g/mol. The summed E-state index contributed by atoms with van der Waals surface area (Å²) in [5, 5.41) is 10.8. The van der Waals surface area contributed by atoms with Crippen LogP contribution in [-0.4, -0.2) is 36.5 Å². The Balaban J connectivity index is 2.62. The number of benzene rings is 2. The Morgan fingerprint density at radius 2 is 1.66 bits per heavy atom. The van der Waals surface area contributed by atoms with Crippen molar-refractivity contribution in [3.05, 3.63) is 71.3 Å². The Labute approximate surface area is 199 Å². The van der Waals surface area contributed by atoms with Crippen LogP contribution in [0.4, 0.5) is 0 Å². The largest absolute Gasteiger partial charge is 0.395 e. The van der Waals surface area contributed by atoms with Crippen molar-refractivity contribution in [2.75, 3.05) is 6.61 Å². The molecule has 0 radical (unpaired) electrons. The zero-order chi connectivity index (χ0) is 23.7. The van der Waals surface area contributed by atoms with Crippen molar-refractivity contribution in [2.24, 2.45) is 11.8 Å². The first-order chi connectivity index (χ1) is 15.2. The minimum Gasteiger partial charge on any atom is -0.395 e. The van der Waals surface area contributed by atoms with Crippen LogP contribution >= 0.6 is 11.6 Å². The van der Waals surface area contributed by atoms with Crippen molar-refractivity contribution in [2.45, 2.75) is 63.9 Å². The zero-order valence-electron chi connectivity index (χ0n) is 19.5.